The van der Waals surface area contributed by atoms with Gasteiger partial charge in [-0.25, -0.2) is 0 Å². The van der Waals surface area contributed by atoms with Gasteiger partial charge in [0.1, 0.15) is 16.9 Å². The molecule has 7 aromatic rings. The Kier molecular flexibility index (Phi) is 8.06. The van der Waals surface area contributed by atoms with Crippen LogP contribution in [0.2, 0.25) is 0 Å². The highest BCUT2D eigenvalue weighted by atomic mass is 16.3. The molecule has 0 radical (unpaired) electrons. The molecule has 3 N–H and O–H groups in total. The minimum atomic E-state index is -0.498. The van der Waals surface area contributed by atoms with E-state index < -0.39 is 12.0 Å². The highest BCUT2D eigenvalue weighted by Gasteiger charge is 2.33. The third-order valence-electron chi connectivity index (χ3n) is 10.9. The van der Waals surface area contributed by atoms with E-state index in [1.807, 2.05) is 30.4 Å². The number of aliphatic hydroxyl groups excluding tert-OH is 1. The Balaban J connectivity index is 1.07. The third-order valence-corrected chi connectivity index (χ3v) is 10.9. The fraction of sp³-hybridized carbons (Fsp3) is 0.102. The van der Waals surface area contributed by atoms with Gasteiger partial charge in [-0.2, -0.15) is 0 Å². The molecular weight excluding hydrogens is 635 g/mol. The van der Waals surface area contributed by atoms with E-state index in [0.717, 1.165) is 67.3 Å². The number of nitrogens with two attached hydrogens (primary N) is 1. The van der Waals surface area contributed by atoms with Crippen molar-refractivity contribution >= 4 is 33.1 Å². The summed E-state index contributed by atoms with van der Waals surface area (Å²) in [5, 5.41) is 13.7. The minimum absolute atomic E-state index is 0.265. The molecule has 3 heteroatoms. The number of fused-ring (bicyclic) bond motifs is 3. The van der Waals surface area contributed by atoms with E-state index in [-0.39, 0.29) is 5.76 Å². The quantitative estimate of drug-likeness (QED) is 0.185. The van der Waals surface area contributed by atoms with Crippen molar-refractivity contribution in [3.63, 3.8) is 0 Å². The van der Waals surface area contributed by atoms with Gasteiger partial charge in [-0.05, 0) is 87.2 Å². The summed E-state index contributed by atoms with van der Waals surface area (Å²) in [5.74, 6) is 0.163. The molecule has 2 aliphatic carbocycles. The standard InChI is InChI=1S/C49H39NO2/c1-31-11-5-6-14-37(31)46-40(28-30-45-48(46)42-17-9-10-18-44(42)52-45)41-27-29-43(51)47(49(41)50)39-16-8-7-15-38(39)36-25-23-35(24-26-36)34-21-19-33(20-22-34)32-12-3-2-4-13-32/h2-21,23-30,34,47,49,51H,22,50H2,1H3. The van der Waals surface area contributed by atoms with Gasteiger partial charge in [-0.15, -0.1) is 0 Å². The van der Waals surface area contributed by atoms with Crippen LogP contribution < -0.4 is 5.73 Å². The summed E-state index contributed by atoms with van der Waals surface area (Å²) in [6.07, 6.45) is 11.7. The second-order valence-electron chi connectivity index (χ2n) is 13.9. The van der Waals surface area contributed by atoms with Crippen LogP contribution in [0.25, 0.3) is 55.3 Å². The Labute approximate surface area is 304 Å². The first-order valence-corrected chi connectivity index (χ1v) is 18.0. The molecule has 0 spiro atoms. The Morgan fingerprint density at radius 1 is 0.654 bits per heavy atom. The van der Waals surface area contributed by atoms with E-state index in [9.17, 15) is 5.11 Å². The van der Waals surface area contributed by atoms with E-state index in [0.29, 0.717) is 5.92 Å². The number of furan rings is 1. The van der Waals surface area contributed by atoms with E-state index in [1.165, 1.54) is 22.3 Å². The summed E-state index contributed by atoms with van der Waals surface area (Å²) in [5.41, 5.74) is 21.4. The van der Waals surface area contributed by atoms with Crippen molar-refractivity contribution in [2.45, 2.75) is 31.2 Å². The molecule has 52 heavy (non-hydrogen) atoms. The fourth-order valence-corrected chi connectivity index (χ4v) is 8.22. The smallest absolute Gasteiger partial charge is 0.136 e. The molecule has 0 saturated carbocycles. The van der Waals surface area contributed by atoms with E-state index in [1.54, 1.807) is 0 Å². The molecule has 6 aromatic carbocycles. The second-order valence-corrected chi connectivity index (χ2v) is 13.9. The predicted octanol–water partition coefficient (Wildman–Crippen LogP) is 12.3. The van der Waals surface area contributed by atoms with Crippen LogP contribution in [0.5, 0.6) is 0 Å². The Bertz CT molecular complexity index is 2580. The molecule has 3 unspecified atom stereocenters. The summed E-state index contributed by atoms with van der Waals surface area (Å²) >= 11 is 0. The van der Waals surface area contributed by atoms with Crippen molar-refractivity contribution in [2.75, 3.05) is 0 Å². The van der Waals surface area contributed by atoms with Crippen LogP contribution in [0.4, 0.5) is 0 Å². The zero-order valence-corrected chi connectivity index (χ0v) is 29.0. The minimum Gasteiger partial charge on any atom is -0.512 e. The van der Waals surface area contributed by atoms with Gasteiger partial charge >= 0.3 is 0 Å². The number of para-hydroxylation sites is 1. The summed E-state index contributed by atoms with van der Waals surface area (Å²) in [6.45, 7) is 2.15. The number of allylic oxidation sites excluding steroid dienone is 6. The summed E-state index contributed by atoms with van der Waals surface area (Å²) in [6, 6.07) is 48.2. The van der Waals surface area contributed by atoms with Crippen molar-refractivity contribution in [3.8, 4) is 22.3 Å². The lowest BCUT2D eigenvalue weighted by Gasteiger charge is -2.32. The van der Waals surface area contributed by atoms with Gasteiger partial charge in [0, 0.05) is 28.3 Å². The first-order valence-electron chi connectivity index (χ1n) is 18.0. The number of aryl methyl sites for hydroxylation is 1. The van der Waals surface area contributed by atoms with Crippen LogP contribution >= 0.6 is 0 Å². The molecule has 3 nitrogen and oxygen atoms in total. The molecule has 0 bridgehead atoms. The van der Waals surface area contributed by atoms with Gasteiger partial charge in [0.15, 0.2) is 0 Å². The maximum Gasteiger partial charge on any atom is 0.136 e. The molecule has 0 aliphatic heterocycles. The van der Waals surface area contributed by atoms with Crippen LogP contribution in [0.3, 0.4) is 0 Å². The molecular formula is C49H39NO2. The first kappa shape index (κ1) is 31.8. The van der Waals surface area contributed by atoms with Gasteiger partial charge in [0.05, 0.1) is 5.92 Å². The van der Waals surface area contributed by atoms with Crippen LogP contribution in [0, 0.1) is 6.92 Å². The van der Waals surface area contributed by atoms with Crippen molar-refractivity contribution in [3.05, 3.63) is 203 Å². The van der Waals surface area contributed by atoms with Gasteiger partial charge in [0.25, 0.3) is 0 Å². The maximum atomic E-state index is 11.6. The number of benzene rings is 6. The second kappa shape index (κ2) is 13.2. The molecule has 9 rings (SSSR count). The largest absolute Gasteiger partial charge is 0.512 e. The van der Waals surface area contributed by atoms with Gasteiger partial charge in [-0.1, -0.05) is 152 Å². The zero-order chi connectivity index (χ0) is 35.2. The van der Waals surface area contributed by atoms with Crippen LogP contribution in [-0.2, 0) is 0 Å². The number of aliphatic hydroxyl groups is 1. The average molecular weight is 674 g/mol. The van der Waals surface area contributed by atoms with Crippen molar-refractivity contribution in [2.24, 2.45) is 5.73 Å². The molecule has 252 valence electrons. The van der Waals surface area contributed by atoms with Gasteiger partial charge in [0.2, 0.25) is 0 Å². The van der Waals surface area contributed by atoms with E-state index in [4.69, 9.17) is 10.2 Å². The maximum absolute atomic E-state index is 11.6. The highest BCUT2D eigenvalue weighted by Crippen LogP contribution is 2.47. The lowest BCUT2D eigenvalue weighted by molar-refractivity contribution is 0.357. The summed E-state index contributed by atoms with van der Waals surface area (Å²) < 4.78 is 6.36. The zero-order valence-electron chi connectivity index (χ0n) is 29.0. The van der Waals surface area contributed by atoms with Crippen LogP contribution in [0.1, 0.15) is 46.1 Å². The number of rotatable bonds is 6. The topological polar surface area (TPSA) is 59.4 Å². The summed E-state index contributed by atoms with van der Waals surface area (Å²) in [4.78, 5) is 0. The van der Waals surface area contributed by atoms with Gasteiger partial charge < -0.3 is 15.3 Å². The number of hydrogen-bond acceptors (Lipinski definition) is 3. The van der Waals surface area contributed by atoms with Crippen molar-refractivity contribution < 1.29 is 9.52 Å². The van der Waals surface area contributed by atoms with Crippen molar-refractivity contribution in [1.29, 1.82) is 0 Å². The molecule has 0 fully saturated rings. The van der Waals surface area contributed by atoms with Crippen molar-refractivity contribution in [1.82, 2.24) is 0 Å². The summed E-state index contributed by atoms with van der Waals surface area (Å²) in [7, 11) is 0. The first-order chi connectivity index (χ1) is 25.5. The lowest BCUT2D eigenvalue weighted by atomic mass is 9.76. The number of hydrogen-bond donors (Lipinski definition) is 2. The fourth-order valence-electron chi connectivity index (χ4n) is 8.22. The lowest BCUT2D eigenvalue weighted by Crippen LogP contribution is -2.33. The molecule has 0 saturated heterocycles. The Morgan fingerprint density at radius 3 is 2.17 bits per heavy atom. The molecule has 0 amide bonds. The van der Waals surface area contributed by atoms with E-state index in [2.05, 4.69) is 146 Å². The third kappa shape index (κ3) is 5.51. The van der Waals surface area contributed by atoms with Crippen LogP contribution in [0.15, 0.2) is 180 Å². The molecule has 1 aromatic heterocycles. The Morgan fingerprint density at radius 2 is 1.38 bits per heavy atom. The highest BCUT2D eigenvalue weighted by molar-refractivity contribution is 6.15. The SMILES string of the molecule is Cc1ccccc1-c1c(C2=CC=C(O)C(c3ccccc3-c3ccc(C4C=CC(c5ccccc5)=CC4)cc3)C2N)ccc2oc3ccccc3c12. The molecule has 3 atom stereocenters. The molecule has 2 aliphatic rings. The van der Waals surface area contributed by atoms with Crippen LogP contribution in [-0.4, -0.2) is 11.1 Å². The van der Waals surface area contributed by atoms with E-state index >= 15 is 0 Å². The van der Waals surface area contributed by atoms with Gasteiger partial charge in [-0.3, -0.25) is 0 Å². The average Bonchev–Trinajstić information content (AvgIpc) is 3.58. The Hall–Kier alpha value is -6.16. The molecule has 1 heterocycles. The normalized spacial score (nSPS) is 18.7. The predicted molar refractivity (Wildman–Crippen MR) is 216 cm³/mol. The monoisotopic (exact) mass is 673 g/mol.